The summed E-state index contributed by atoms with van der Waals surface area (Å²) in [7, 11) is 0. The maximum absolute atomic E-state index is 4.52. The number of hydrogen-bond donors (Lipinski definition) is 2. The molecular weight excluding hydrogens is 332 g/mol. The van der Waals surface area contributed by atoms with Gasteiger partial charge in [-0.2, -0.15) is 0 Å². The fraction of sp³-hybridized carbons (Fsp3) is 0. The van der Waals surface area contributed by atoms with Crippen LogP contribution in [-0.4, -0.2) is 12.4 Å². The summed E-state index contributed by atoms with van der Waals surface area (Å²) in [5.41, 5.74) is 3.60. The van der Waals surface area contributed by atoms with Crippen molar-refractivity contribution in [3.8, 4) is 0 Å². The zero-order valence-corrected chi connectivity index (χ0v) is 14.7. The highest BCUT2D eigenvalue weighted by Gasteiger charge is 2.04. The maximum Gasteiger partial charge on any atom is 0.0785 e. The lowest BCUT2D eigenvalue weighted by molar-refractivity contribution is 1.28. The molecular formula is C20H16N2S2. The molecule has 3 rings (SSSR count). The van der Waals surface area contributed by atoms with E-state index in [0.717, 1.165) is 32.3 Å². The Morgan fingerprint density at radius 2 is 1.00 bits per heavy atom. The Labute approximate surface area is 152 Å². The highest BCUT2D eigenvalue weighted by atomic mass is 32.1. The summed E-state index contributed by atoms with van der Waals surface area (Å²) in [6.07, 6.45) is 3.63. The van der Waals surface area contributed by atoms with Gasteiger partial charge in [-0.05, 0) is 23.3 Å². The van der Waals surface area contributed by atoms with Crippen LogP contribution in [0.3, 0.4) is 0 Å². The highest BCUT2D eigenvalue weighted by Crippen LogP contribution is 2.34. The van der Waals surface area contributed by atoms with Gasteiger partial charge in [-0.15, -0.1) is 25.3 Å². The van der Waals surface area contributed by atoms with Crippen LogP contribution >= 0.6 is 25.3 Å². The van der Waals surface area contributed by atoms with Crippen LogP contribution in [0.2, 0.25) is 0 Å². The Bertz CT molecular complexity index is 802. The van der Waals surface area contributed by atoms with Gasteiger partial charge in [-0.1, -0.05) is 60.7 Å². The van der Waals surface area contributed by atoms with E-state index in [9.17, 15) is 0 Å². The second kappa shape index (κ2) is 7.99. The third kappa shape index (κ3) is 4.37. The summed E-state index contributed by atoms with van der Waals surface area (Å²) in [5, 5.41) is 0. The molecule has 0 unspecified atom stereocenters. The summed E-state index contributed by atoms with van der Waals surface area (Å²) < 4.78 is 0. The molecule has 0 N–H and O–H groups in total. The van der Waals surface area contributed by atoms with Gasteiger partial charge in [-0.3, -0.25) is 9.98 Å². The van der Waals surface area contributed by atoms with Crippen molar-refractivity contribution in [1.82, 2.24) is 0 Å². The fourth-order valence-corrected chi connectivity index (χ4v) is 2.73. The molecule has 0 aliphatic carbocycles. The summed E-state index contributed by atoms with van der Waals surface area (Å²) in [5.74, 6) is 0. The number of thiol groups is 2. The van der Waals surface area contributed by atoms with Gasteiger partial charge in [0.05, 0.1) is 11.4 Å². The molecule has 0 radical (unpaired) electrons. The van der Waals surface area contributed by atoms with Crippen LogP contribution in [-0.2, 0) is 0 Å². The van der Waals surface area contributed by atoms with E-state index in [1.165, 1.54) is 0 Å². The quantitative estimate of drug-likeness (QED) is 0.442. The monoisotopic (exact) mass is 348 g/mol. The van der Waals surface area contributed by atoms with E-state index < -0.39 is 0 Å². The summed E-state index contributed by atoms with van der Waals surface area (Å²) in [6, 6.07) is 23.7. The lowest BCUT2D eigenvalue weighted by Crippen LogP contribution is -1.82. The van der Waals surface area contributed by atoms with Crippen molar-refractivity contribution in [3.63, 3.8) is 0 Å². The minimum atomic E-state index is 0.764. The first-order valence-electron chi connectivity index (χ1n) is 7.46. The largest absolute Gasteiger partial charge is 0.255 e. The van der Waals surface area contributed by atoms with E-state index >= 15 is 0 Å². The number of nitrogens with zero attached hydrogens (tertiary/aromatic N) is 2. The number of rotatable bonds is 4. The van der Waals surface area contributed by atoms with E-state index in [0.29, 0.717) is 0 Å². The predicted molar refractivity (Wildman–Crippen MR) is 108 cm³/mol. The van der Waals surface area contributed by atoms with Gasteiger partial charge in [0.25, 0.3) is 0 Å². The molecule has 0 saturated carbocycles. The average molecular weight is 348 g/mol. The summed E-state index contributed by atoms with van der Waals surface area (Å²) in [4.78, 5) is 10.6. The molecule has 0 aromatic heterocycles. The van der Waals surface area contributed by atoms with Crippen LogP contribution in [0, 0.1) is 0 Å². The van der Waals surface area contributed by atoms with Gasteiger partial charge in [0, 0.05) is 22.2 Å². The number of hydrogen-bond acceptors (Lipinski definition) is 4. The highest BCUT2D eigenvalue weighted by molar-refractivity contribution is 7.81. The lowest BCUT2D eigenvalue weighted by Gasteiger charge is -2.05. The van der Waals surface area contributed by atoms with Crippen molar-refractivity contribution in [2.75, 3.05) is 0 Å². The predicted octanol–water partition coefficient (Wildman–Crippen LogP) is 5.77. The van der Waals surface area contributed by atoms with Gasteiger partial charge < -0.3 is 0 Å². The van der Waals surface area contributed by atoms with Crippen LogP contribution in [0.25, 0.3) is 0 Å². The molecule has 0 amide bonds. The van der Waals surface area contributed by atoms with Gasteiger partial charge in [-0.25, -0.2) is 0 Å². The Kier molecular flexibility index (Phi) is 5.51. The molecule has 4 heteroatoms. The van der Waals surface area contributed by atoms with Crippen LogP contribution < -0.4 is 0 Å². The normalized spacial score (nSPS) is 11.4. The van der Waals surface area contributed by atoms with Gasteiger partial charge in [0.1, 0.15) is 0 Å². The lowest BCUT2D eigenvalue weighted by atomic mass is 10.2. The van der Waals surface area contributed by atoms with Crippen molar-refractivity contribution >= 4 is 49.1 Å². The van der Waals surface area contributed by atoms with Crippen LogP contribution in [0.5, 0.6) is 0 Å². The van der Waals surface area contributed by atoms with Crippen LogP contribution in [0.1, 0.15) is 11.1 Å². The standard InChI is InChI=1S/C20H16N2S2/c23-19-12-20(24)18(22-14-16-9-5-2-6-10-16)11-17(19)21-13-15-7-3-1-4-8-15/h1-14,23-24H/b21-13+,22-14+. The van der Waals surface area contributed by atoms with Crippen LogP contribution in [0.4, 0.5) is 11.4 Å². The third-order valence-electron chi connectivity index (χ3n) is 3.38. The Hall–Kier alpha value is -2.30. The summed E-state index contributed by atoms with van der Waals surface area (Å²) in [6.45, 7) is 0. The molecule has 0 heterocycles. The Morgan fingerprint density at radius 3 is 1.42 bits per heavy atom. The smallest absolute Gasteiger partial charge is 0.0785 e. The Morgan fingerprint density at radius 1 is 0.583 bits per heavy atom. The molecule has 0 fully saturated rings. The third-order valence-corrected chi connectivity index (χ3v) is 4.09. The van der Waals surface area contributed by atoms with Crippen molar-refractivity contribution in [3.05, 3.63) is 83.9 Å². The fourth-order valence-electron chi connectivity index (χ4n) is 2.13. The van der Waals surface area contributed by atoms with E-state index in [4.69, 9.17) is 0 Å². The van der Waals surface area contributed by atoms with Crippen molar-refractivity contribution in [1.29, 1.82) is 0 Å². The SMILES string of the molecule is Sc1cc(S)c(/N=C/c2ccccc2)cc1/N=C/c1ccccc1. The second-order valence-electron chi connectivity index (χ2n) is 5.17. The first-order valence-corrected chi connectivity index (χ1v) is 8.36. The van der Waals surface area contributed by atoms with Crippen molar-refractivity contribution in [2.24, 2.45) is 9.98 Å². The summed E-state index contributed by atoms with van der Waals surface area (Å²) >= 11 is 8.97. The second-order valence-corrected chi connectivity index (χ2v) is 6.13. The van der Waals surface area contributed by atoms with E-state index in [1.807, 2.05) is 85.2 Å². The molecule has 2 nitrogen and oxygen atoms in total. The molecule has 3 aromatic rings. The molecule has 118 valence electrons. The first-order chi connectivity index (χ1) is 11.7. The zero-order chi connectivity index (χ0) is 16.8. The Balaban J connectivity index is 1.89. The van der Waals surface area contributed by atoms with E-state index in [1.54, 1.807) is 0 Å². The van der Waals surface area contributed by atoms with Gasteiger partial charge in [0.2, 0.25) is 0 Å². The number of aliphatic imine (C=N–C) groups is 2. The minimum absolute atomic E-state index is 0.764. The molecule has 0 bridgehead atoms. The molecule has 0 aliphatic rings. The minimum Gasteiger partial charge on any atom is -0.255 e. The van der Waals surface area contributed by atoms with Crippen molar-refractivity contribution in [2.45, 2.75) is 9.79 Å². The topological polar surface area (TPSA) is 24.7 Å². The maximum atomic E-state index is 4.52. The van der Waals surface area contributed by atoms with E-state index in [2.05, 4.69) is 35.2 Å². The zero-order valence-electron chi connectivity index (χ0n) is 12.9. The van der Waals surface area contributed by atoms with E-state index in [-0.39, 0.29) is 0 Å². The van der Waals surface area contributed by atoms with Gasteiger partial charge in [0.15, 0.2) is 0 Å². The molecule has 0 aliphatic heterocycles. The molecule has 3 aromatic carbocycles. The first kappa shape index (κ1) is 16.6. The van der Waals surface area contributed by atoms with Gasteiger partial charge >= 0.3 is 0 Å². The van der Waals surface area contributed by atoms with Crippen molar-refractivity contribution < 1.29 is 0 Å². The average Bonchev–Trinajstić information content (AvgIpc) is 2.62. The molecule has 0 atom stereocenters. The molecule has 0 saturated heterocycles. The molecule has 24 heavy (non-hydrogen) atoms. The van der Waals surface area contributed by atoms with Crippen LogP contribution in [0.15, 0.2) is 92.6 Å². The number of benzene rings is 3. The molecule has 0 spiro atoms.